The van der Waals surface area contributed by atoms with Crippen LogP contribution in [0.5, 0.6) is 0 Å². The van der Waals surface area contributed by atoms with Gasteiger partial charge < -0.3 is 17.2 Å². The number of nitrogens with two attached hydrogens (primary N) is 3. The summed E-state index contributed by atoms with van der Waals surface area (Å²) >= 11 is 3.32. The van der Waals surface area contributed by atoms with Crippen molar-refractivity contribution in [3.63, 3.8) is 0 Å². The Morgan fingerprint density at radius 1 is 1.14 bits per heavy atom. The third-order valence-electron chi connectivity index (χ3n) is 1.33. The fourth-order valence-corrected chi connectivity index (χ4v) is 1.20. The molecule has 6 heteroatoms. The highest BCUT2D eigenvalue weighted by molar-refractivity contribution is 9.10. The van der Waals surface area contributed by atoms with Gasteiger partial charge in [0.2, 0.25) is 5.96 Å². The highest BCUT2D eigenvalue weighted by Crippen LogP contribution is 2.23. The van der Waals surface area contributed by atoms with Crippen LogP contribution in [0.4, 0.5) is 5.69 Å². The monoisotopic (exact) mass is 255 g/mol. The fourth-order valence-electron chi connectivity index (χ4n) is 0.823. The van der Waals surface area contributed by atoms with Crippen molar-refractivity contribution in [2.24, 2.45) is 27.2 Å². The molecule has 0 amide bonds. The molecule has 74 valence electrons. The molecule has 14 heavy (non-hydrogen) atoms. The van der Waals surface area contributed by atoms with Crippen LogP contribution in [-0.2, 0) is 0 Å². The molecular formula is C8H10BrN5. The molecule has 0 aliphatic rings. The van der Waals surface area contributed by atoms with Gasteiger partial charge in [0, 0.05) is 4.47 Å². The number of hydrogen-bond acceptors (Lipinski definition) is 1. The molecule has 0 atom stereocenters. The van der Waals surface area contributed by atoms with Gasteiger partial charge in [-0.1, -0.05) is 12.1 Å². The lowest BCUT2D eigenvalue weighted by Gasteiger charge is -1.97. The minimum atomic E-state index is -0.113. The maximum Gasteiger partial charge on any atom is 0.223 e. The van der Waals surface area contributed by atoms with Crippen LogP contribution in [-0.4, -0.2) is 11.9 Å². The van der Waals surface area contributed by atoms with Crippen LogP contribution in [0.25, 0.3) is 0 Å². The Labute approximate surface area is 89.8 Å². The lowest BCUT2D eigenvalue weighted by molar-refractivity contribution is 1.37. The van der Waals surface area contributed by atoms with Crippen LogP contribution in [0, 0.1) is 0 Å². The second-order valence-corrected chi connectivity index (χ2v) is 3.31. The van der Waals surface area contributed by atoms with Gasteiger partial charge >= 0.3 is 0 Å². The molecule has 1 aromatic rings. The van der Waals surface area contributed by atoms with E-state index in [9.17, 15) is 0 Å². The van der Waals surface area contributed by atoms with E-state index in [0.717, 1.165) is 4.47 Å². The van der Waals surface area contributed by atoms with Gasteiger partial charge in [-0.25, -0.2) is 4.99 Å². The molecule has 0 radical (unpaired) electrons. The largest absolute Gasteiger partial charge is 0.370 e. The maximum absolute atomic E-state index is 5.46. The van der Waals surface area contributed by atoms with E-state index in [1.807, 2.05) is 18.2 Å². The second-order valence-electron chi connectivity index (χ2n) is 2.46. The Bertz CT molecular complexity index is 381. The zero-order chi connectivity index (χ0) is 10.6. The summed E-state index contributed by atoms with van der Waals surface area (Å²) in [4.78, 5) is 7.59. The van der Waals surface area contributed by atoms with Crippen LogP contribution >= 0.6 is 15.9 Å². The summed E-state index contributed by atoms with van der Waals surface area (Å²) in [7, 11) is 0. The minimum absolute atomic E-state index is 0.0249. The average molecular weight is 256 g/mol. The summed E-state index contributed by atoms with van der Waals surface area (Å²) < 4.78 is 0.828. The van der Waals surface area contributed by atoms with Crippen LogP contribution < -0.4 is 17.2 Å². The van der Waals surface area contributed by atoms with Crippen molar-refractivity contribution >= 4 is 33.5 Å². The molecule has 5 nitrogen and oxygen atoms in total. The Kier molecular flexibility index (Phi) is 3.47. The van der Waals surface area contributed by atoms with Crippen LogP contribution in [0.15, 0.2) is 38.7 Å². The Morgan fingerprint density at radius 3 is 2.36 bits per heavy atom. The zero-order valence-electron chi connectivity index (χ0n) is 7.31. The predicted molar refractivity (Wildman–Crippen MR) is 61.2 cm³/mol. The number of nitrogens with zero attached hydrogens (tertiary/aromatic N) is 2. The van der Waals surface area contributed by atoms with Gasteiger partial charge in [0.15, 0.2) is 5.96 Å². The van der Waals surface area contributed by atoms with Crippen LogP contribution in [0.1, 0.15) is 0 Å². The topological polar surface area (TPSA) is 103 Å². The number of halogens is 1. The van der Waals surface area contributed by atoms with E-state index < -0.39 is 0 Å². The first-order valence-corrected chi connectivity index (χ1v) is 4.57. The van der Waals surface area contributed by atoms with Gasteiger partial charge in [0.05, 0.1) is 5.69 Å². The highest BCUT2D eigenvalue weighted by atomic mass is 79.9. The maximum atomic E-state index is 5.46. The van der Waals surface area contributed by atoms with Gasteiger partial charge in [-0.2, -0.15) is 4.99 Å². The molecule has 0 aliphatic heterocycles. The van der Waals surface area contributed by atoms with Gasteiger partial charge in [-0.3, -0.25) is 0 Å². The van der Waals surface area contributed by atoms with Crippen molar-refractivity contribution in [2.75, 3.05) is 0 Å². The molecule has 0 aromatic heterocycles. The summed E-state index contributed by atoms with van der Waals surface area (Å²) in [5.74, 6) is -0.0878. The Balaban J connectivity index is 2.98. The minimum Gasteiger partial charge on any atom is -0.370 e. The molecule has 0 fully saturated rings. The summed E-state index contributed by atoms with van der Waals surface area (Å²) in [5.41, 5.74) is 16.4. The first-order valence-electron chi connectivity index (χ1n) is 3.78. The van der Waals surface area contributed by atoms with E-state index in [1.165, 1.54) is 0 Å². The standard InChI is InChI=1S/C8H10BrN5/c9-5-3-1-2-4-6(5)13-8(12)14-7(10)11/h1-4H,(H6,10,11,12,13,14). The van der Waals surface area contributed by atoms with E-state index in [0.29, 0.717) is 5.69 Å². The van der Waals surface area contributed by atoms with Crippen molar-refractivity contribution in [3.8, 4) is 0 Å². The average Bonchev–Trinajstić information content (AvgIpc) is 2.07. The summed E-state index contributed by atoms with van der Waals surface area (Å²) in [6.45, 7) is 0. The van der Waals surface area contributed by atoms with Crippen molar-refractivity contribution in [3.05, 3.63) is 28.7 Å². The zero-order valence-corrected chi connectivity index (χ0v) is 8.90. The number of hydrogen-bond donors (Lipinski definition) is 3. The van der Waals surface area contributed by atoms with Crippen molar-refractivity contribution in [2.45, 2.75) is 0 Å². The Hall–Kier alpha value is -1.56. The lowest BCUT2D eigenvalue weighted by atomic mass is 10.3. The third kappa shape index (κ3) is 3.06. The number of para-hydroxylation sites is 1. The summed E-state index contributed by atoms with van der Waals surface area (Å²) in [5, 5.41) is 0. The fraction of sp³-hybridized carbons (Fsp3) is 0. The van der Waals surface area contributed by atoms with Crippen LogP contribution in [0.2, 0.25) is 0 Å². The van der Waals surface area contributed by atoms with Gasteiger partial charge in [0.25, 0.3) is 0 Å². The third-order valence-corrected chi connectivity index (χ3v) is 2.00. The van der Waals surface area contributed by atoms with Crippen molar-refractivity contribution in [1.29, 1.82) is 0 Å². The molecule has 0 aliphatic carbocycles. The molecule has 0 bridgehead atoms. The molecule has 1 rings (SSSR count). The van der Waals surface area contributed by atoms with E-state index in [2.05, 4.69) is 25.9 Å². The highest BCUT2D eigenvalue weighted by Gasteiger charge is 1.96. The first-order chi connectivity index (χ1) is 6.59. The molecule has 1 aromatic carbocycles. The van der Waals surface area contributed by atoms with Gasteiger partial charge in [-0.05, 0) is 28.1 Å². The quantitative estimate of drug-likeness (QED) is 0.508. The van der Waals surface area contributed by atoms with E-state index in [4.69, 9.17) is 17.2 Å². The SMILES string of the molecule is NC(N)=NC(N)=Nc1ccccc1Br. The van der Waals surface area contributed by atoms with E-state index >= 15 is 0 Å². The van der Waals surface area contributed by atoms with E-state index in [-0.39, 0.29) is 11.9 Å². The number of rotatable bonds is 1. The summed E-state index contributed by atoms with van der Waals surface area (Å²) in [6, 6.07) is 7.35. The first kappa shape index (κ1) is 10.5. The summed E-state index contributed by atoms with van der Waals surface area (Å²) in [6.07, 6.45) is 0. The molecular weight excluding hydrogens is 246 g/mol. The van der Waals surface area contributed by atoms with E-state index in [1.54, 1.807) is 6.07 Å². The van der Waals surface area contributed by atoms with Crippen molar-refractivity contribution < 1.29 is 0 Å². The molecule has 0 unspecified atom stereocenters. The Morgan fingerprint density at radius 2 is 1.79 bits per heavy atom. The smallest absolute Gasteiger partial charge is 0.223 e. The lowest BCUT2D eigenvalue weighted by Crippen LogP contribution is -2.26. The molecule has 0 spiro atoms. The molecule has 0 saturated heterocycles. The molecule has 6 N–H and O–H groups in total. The molecule has 0 heterocycles. The number of guanidine groups is 2. The second kappa shape index (κ2) is 4.61. The normalized spacial score (nSPS) is 11.1. The van der Waals surface area contributed by atoms with Crippen molar-refractivity contribution in [1.82, 2.24) is 0 Å². The predicted octanol–water partition coefficient (Wildman–Crippen LogP) is 0.669. The number of benzene rings is 1. The molecule has 0 saturated carbocycles. The van der Waals surface area contributed by atoms with Gasteiger partial charge in [0.1, 0.15) is 0 Å². The van der Waals surface area contributed by atoms with Gasteiger partial charge in [-0.15, -0.1) is 0 Å². The number of aliphatic imine (C=N–C) groups is 2. The van der Waals surface area contributed by atoms with Crippen LogP contribution in [0.3, 0.4) is 0 Å².